The molecule has 0 aromatic heterocycles. The van der Waals surface area contributed by atoms with Gasteiger partial charge in [-0.3, -0.25) is 4.79 Å². The zero-order valence-corrected chi connectivity index (χ0v) is 14.0. The third-order valence-corrected chi connectivity index (χ3v) is 3.34. The zero-order valence-electron chi connectivity index (χ0n) is 13.1. The van der Waals surface area contributed by atoms with Crippen molar-refractivity contribution < 1.29 is 23.4 Å². The van der Waals surface area contributed by atoms with Crippen molar-refractivity contribution in [3.63, 3.8) is 0 Å². The molecule has 0 spiro atoms. The summed E-state index contributed by atoms with van der Waals surface area (Å²) in [5, 5.41) is 5.76. The molecule has 2 N–H and O–H groups in total. The molecule has 1 amide bonds. The lowest BCUT2D eigenvalue weighted by molar-refractivity contribution is -0.123. The van der Waals surface area contributed by atoms with E-state index in [4.69, 9.17) is 14.2 Å². The highest BCUT2D eigenvalue weighted by molar-refractivity contribution is 5.95. The SMILES string of the molecule is COCCOc1ccc(NC(=O)[C@H]2NCCO[C@@H]2C)cc1F.Cl. The number of methoxy groups -OCH3 is 1. The Hall–Kier alpha value is -1.41. The van der Waals surface area contributed by atoms with Gasteiger partial charge in [0.25, 0.3) is 0 Å². The second-order valence-corrected chi connectivity index (χ2v) is 4.98. The van der Waals surface area contributed by atoms with E-state index in [0.717, 1.165) is 0 Å². The number of nitrogens with one attached hydrogen (secondary N) is 2. The molecule has 1 aliphatic rings. The summed E-state index contributed by atoms with van der Waals surface area (Å²) in [6.07, 6.45) is -0.227. The third kappa shape index (κ3) is 5.62. The molecule has 23 heavy (non-hydrogen) atoms. The van der Waals surface area contributed by atoms with Gasteiger partial charge >= 0.3 is 0 Å². The van der Waals surface area contributed by atoms with Crippen LogP contribution >= 0.6 is 12.4 Å². The normalized spacial score (nSPS) is 20.5. The predicted octanol–water partition coefficient (Wildman–Crippen LogP) is 1.59. The lowest BCUT2D eigenvalue weighted by atomic mass is 10.1. The van der Waals surface area contributed by atoms with Gasteiger partial charge in [-0.05, 0) is 19.1 Å². The molecule has 2 atom stereocenters. The number of benzene rings is 1. The van der Waals surface area contributed by atoms with E-state index in [2.05, 4.69) is 10.6 Å². The Labute approximate surface area is 141 Å². The predicted molar refractivity (Wildman–Crippen MR) is 86.9 cm³/mol. The third-order valence-electron chi connectivity index (χ3n) is 3.34. The molecule has 6 nitrogen and oxygen atoms in total. The van der Waals surface area contributed by atoms with Gasteiger partial charge in [-0.25, -0.2) is 4.39 Å². The van der Waals surface area contributed by atoms with Crippen molar-refractivity contribution in [3.05, 3.63) is 24.0 Å². The Morgan fingerprint density at radius 3 is 2.91 bits per heavy atom. The number of hydrogen-bond donors (Lipinski definition) is 2. The van der Waals surface area contributed by atoms with E-state index in [0.29, 0.717) is 25.4 Å². The Morgan fingerprint density at radius 2 is 2.26 bits per heavy atom. The summed E-state index contributed by atoms with van der Waals surface area (Å²) < 4.78 is 29.4. The Morgan fingerprint density at radius 1 is 1.48 bits per heavy atom. The number of hydrogen-bond acceptors (Lipinski definition) is 5. The van der Waals surface area contributed by atoms with Crippen molar-refractivity contribution in [2.75, 3.05) is 38.8 Å². The van der Waals surface area contributed by atoms with Crippen molar-refractivity contribution in [1.82, 2.24) is 5.32 Å². The summed E-state index contributed by atoms with van der Waals surface area (Å²) >= 11 is 0. The number of rotatable bonds is 6. The van der Waals surface area contributed by atoms with Crippen LogP contribution in [0.4, 0.5) is 10.1 Å². The zero-order chi connectivity index (χ0) is 15.9. The van der Waals surface area contributed by atoms with Crippen molar-refractivity contribution >= 4 is 24.0 Å². The van der Waals surface area contributed by atoms with E-state index in [9.17, 15) is 9.18 Å². The van der Waals surface area contributed by atoms with Gasteiger partial charge in [-0.2, -0.15) is 0 Å². The summed E-state index contributed by atoms with van der Waals surface area (Å²) in [5.41, 5.74) is 0.376. The first-order valence-electron chi connectivity index (χ1n) is 7.19. The van der Waals surface area contributed by atoms with Crippen LogP contribution in [0.1, 0.15) is 6.92 Å². The van der Waals surface area contributed by atoms with E-state index in [1.807, 2.05) is 6.92 Å². The monoisotopic (exact) mass is 348 g/mol. The number of ether oxygens (including phenoxy) is 3. The van der Waals surface area contributed by atoms with Gasteiger partial charge in [0, 0.05) is 25.4 Å². The summed E-state index contributed by atoms with van der Waals surface area (Å²) in [6, 6.07) is 3.86. The van der Waals surface area contributed by atoms with Crippen LogP contribution in [-0.4, -0.2) is 51.5 Å². The van der Waals surface area contributed by atoms with Gasteiger partial charge in [-0.15, -0.1) is 12.4 Å². The minimum Gasteiger partial charge on any atom is -0.488 e. The number of carbonyl (C=O) groups excluding carboxylic acids is 1. The Balaban J connectivity index is 0.00000264. The number of carbonyl (C=O) groups is 1. The lowest BCUT2D eigenvalue weighted by Crippen LogP contribution is -2.53. The van der Waals surface area contributed by atoms with Crippen molar-refractivity contribution in [3.8, 4) is 5.75 Å². The molecule has 1 heterocycles. The van der Waals surface area contributed by atoms with Crippen molar-refractivity contribution in [2.45, 2.75) is 19.1 Å². The molecule has 0 saturated carbocycles. The fraction of sp³-hybridized carbons (Fsp3) is 0.533. The van der Waals surface area contributed by atoms with E-state index in [1.165, 1.54) is 12.1 Å². The molecule has 1 aromatic rings. The molecule has 8 heteroatoms. The Bertz CT molecular complexity index is 518. The minimum atomic E-state index is -0.533. The van der Waals surface area contributed by atoms with Crippen molar-refractivity contribution in [2.24, 2.45) is 0 Å². The van der Waals surface area contributed by atoms with Crippen LogP contribution in [-0.2, 0) is 14.3 Å². The molecule has 0 bridgehead atoms. The molecule has 0 aliphatic carbocycles. The van der Waals surface area contributed by atoms with E-state index in [1.54, 1.807) is 13.2 Å². The summed E-state index contributed by atoms with van der Waals surface area (Å²) in [7, 11) is 1.54. The maximum absolute atomic E-state index is 13.9. The molecule has 1 aromatic carbocycles. The van der Waals surface area contributed by atoms with Crippen molar-refractivity contribution in [1.29, 1.82) is 0 Å². The van der Waals surface area contributed by atoms with Gasteiger partial charge < -0.3 is 24.8 Å². The fourth-order valence-electron chi connectivity index (χ4n) is 2.18. The van der Waals surface area contributed by atoms with Gasteiger partial charge in [0.05, 0.1) is 19.3 Å². The van der Waals surface area contributed by atoms with Gasteiger partial charge in [0.1, 0.15) is 12.6 Å². The first kappa shape index (κ1) is 19.6. The standard InChI is InChI=1S/C15H21FN2O4.ClH/c1-10-14(17-5-6-21-10)15(19)18-11-3-4-13(12(16)9-11)22-8-7-20-2;/h3-4,9-10,14,17H,5-8H2,1-2H3,(H,18,19);1H/t10-,14+;/m1./s1. The smallest absolute Gasteiger partial charge is 0.244 e. The molecular formula is C15H22ClFN2O4. The van der Waals surface area contributed by atoms with Crippen LogP contribution in [0.2, 0.25) is 0 Å². The maximum atomic E-state index is 13.9. The first-order valence-corrected chi connectivity index (χ1v) is 7.19. The van der Waals surface area contributed by atoms with Crippen LogP contribution in [0.3, 0.4) is 0 Å². The minimum absolute atomic E-state index is 0. The summed E-state index contributed by atoms with van der Waals surface area (Å²) in [6.45, 7) is 3.66. The highest BCUT2D eigenvalue weighted by Crippen LogP contribution is 2.21. The molecule has 1 aliphatic heterocycles. The molecule has 1 saturated heterocycles. The van der Waals surface area contributed by atoms with Gasteiger partial charge in [0.2, 0.25) is 5.91 Å². The second-order valence-electron chi connectivity index (χ2n) is 4.98. The van der Waals surface area contributed by atoms with Gasteiger partial charge in [0.15, 0.2) is 11.6 Å². The number of amides is 1. The summed E-state index contributed by atoms with van der Waals surface area (Å²) in [5.74, 6) is -0.656. The van der Waals surface area contributed by atoms with E-state index in [-0.39, 0.29) is 36.8 Å². The van der Waals surface area contributed by atoms with Crippen LogP contribution < -0.4 is 15.4 Å². The molecular weight excluding hydrogens is 327 g/mol. The van der Waals surface area contributed by atoms with Gasteiger partial charge in [-0.1, -0.05) is 0 Å². The number of morpholine rings is 1. The molecule has 1 fully saturated rings. The fourth-order valence-corrected chi connectivity index (χ4v) is 2.18. The van der Waals surface area contributed by atoms with E-state index < -0.39 is 11.9 Å². The topological polar surface area (TPSA) is 68.8 Å². The first-order chi connectivity index (χ1) is 10.6. The maximum Gasteiger partial charge on any atom is 0.244 e. The van der Waals surface area contributed by atoms with Crippen LogP contribution in [0.25, 0.3) is 0 Å². The number of halogens is 2. The highest BCUT2D eigenvalue weighted by atomic mass is 35.5. The Kier molecular flexibility index (Phi) is 8.25. The quantitative estimate of drug-likeness (QED) is 0.764. The number of anilines is 1. The van der Waals surface area contributed by atoms with Crippen LogP contribution in [0, 0.1) is 5.82 Å². The molecule has 2 rings (SSSR count). The summed E-state index contributed by atoms with van der Waals surface area (Å²) in [4.78, 5) is 12.2. The van der Waals surface area contributed by atoms with E-state index >= 15 is 0 Å². The molecule has 0 radical (unpaired) electrons. The highest BCUT2D eigenvalue weighted by Gasteiger charge is 2.28. The van der Waals surface area contributed by atoms with Crippen LogP contribution in [0.5, 0.6) is 5.75 Å². The average Bonchev–Trinajstić information content (AvgIpc) is 2.50. The van der Waals surface area contributed by atoms with Crippen LogP contribution in [0.15, 0.2) is 18.2 Å². The molecule has 0 unspecified atom stereocenters. The largest absolute Gasteiger partial charge is 0.488 e. The lowest BCUT2D eigenvalue weighted by Gasteiger charge is -2.29. The molecule has 130 valence electrons. The average molecular weight is 349 g/mol. The second kappa shape index (κ2) is 9.67.